The van der Waals surface area contributed by atoms with Crippen molar-refractivity contribution in [3.8, 4) is 0 Å². The van der Waals surface area contributed by atoms with E-state index < -0.39 is 7.26 Å². The molecule has 0 saturated heterocycles. The van der Waals surface area contributed by atoms with Crippen LogP contribution >= 0.6 is 7.26 Å². The van der Waals surface area contributed by atoms with Gasteiger partial charge in [-0.3, -0.25) is 0 Å². The van der Waals surface area contributed by atoms with Crippen LogP contribution in [0.3, 0.4) is 0 Å². The Morgan fingerprint density at radius 3 is 1.30 bits per heavy atom. The summed E-state index contributed by atoms with van der Waals surface area (Å²) in [7, 11) is 0.268. The van der Waals surface area contributed by atoms with E-state index in [-0.39, 0.29) is 0 Å². The summed E-state index contributed by atoms with van der Waals surface area (Å²) in [6.07, 6.45) is 5.31. The normalized spacial score (nSPS) is 11.3. The molecular weight excluding hydrogens is 345 g/mol. The van der Waals surface area contributed by atoms with Gasteiger partial charge < -0.3 is 0 Å². The van der Waals surface area contributed by atoms with Crippen LogP contribution in [0, 0.1) is 0 Å². The summed E-state index contributed by atoms with van der Waals surface area (Å²) in [5.74, 6) is 0. The average Bonchev–Trinajstić information content (AvgIpc) is 2.75. The van der Waals surface area contributed by atoms with Crippen molar-refractivity contribution < 1.29 is 4.57 Å². The highest BCUT2D eigenvalue weighted by Crippen LogP contribution is 2.57. The topological polar surface area (TPSA) is 3.88 Å². The second-order valence-corrected chi connectivity index (χ2v) is 10.3. The third-order valence-corrected chi connectivity index (χ3v) is 9.44. The van der Waals surface area contributed by atoms with Crippen LogP contribution in [0.1, 0.15) is 5.56 Å². The van der Waals surface area contributed by atoms with E-state index in [2.05, 4.69) is 127 Å². The van der Waals surface area contributed by atoms with Crippen molar-refractivity contribution in [3.05, 3.63) is 121 Å². The molecule has 27 heavy (non-hydrogen) atoms. The highest BCUT2D eigenvalue weighted by molar-refractivity contribution is 7.95. The lowest BCUT2D eigenvalue weighted by Crippen LogP contribution is -2.33. The number of benzene rings is 3. The van der Waals surface area contributed by atoms with E-state index in [1.165, 1.54) is 21.5 Å². The minimum absolute atomic E-state index is 1.02. The summed E-state index contributed by atoms with van der Waals surface area (Å²) >= 11 is 0. The van der Waals surface area contributed by atoms with Gasteiger partial charge in [-0.25, -0.2) is 4.57 Å². The lowest BCUT2D eigenvalue weighted by atomic mass is 10.3. The van der Waals surface area contributed by atoms with Crippen LogP contribution in [-0.2, 0) is 13.2 Å². The van der Waals surface area contributed by atoms with Crippen molar-refractivity contribution in [2.24, 2.45) is 7.05 Å². The highest BCUT2D eigenvalue weighted by Gasteiger charge is 2.45. The number of rotatable bonds is 5. The molecule has 0 aliphatic rings. The first-order valence-corrected chi connectivity index (χ1v) is 11.3. The fourth-order valence-electron chi connectivity index (χ4n) is 3.68. The lowest BCUT2D eigenvalue weighted by Gasteiger charge is -2.27. The Bertz CT molecular complexity index is 884. The summed E-state index contributed by atoms with van der Waals surface area (Å²) in [5, 5.41) is 4.28. The van der Waals surface area contributed by atoms with Crippen molar-refractivity contribution >= 4 is 23.2 Å². The molecule has 0 atom stereocenters. The van der Waals surface area contributed by atoms with E-state index in [1.807, 2.05) is 0 Å². The van der Waals surface area contributed by atoms with Gasteiger partial charge in [-0.1, -0.05) is 54.6 Å². The van der Waals surface area contributed by atoms with E-state index in [1.54, 1.807) is 0 Å². The zero-order valence-electron chi connectivity index (χ0n) is 15.6. The Kier molecular flexibility index (Phi) is 5.14. The van der Waals surface area contributed by atoms with Crippen LogP contribution in [-0.4, -0.2) is 0 Å². The second kappa shape index (κ2) is 7.86. The first-order chi connectivity index (χ1) is 13.3. The molecule has 0 unspecified atom stereocenters. The smallest absolute Gasteiger partial charge is 0.168 e. The molecule has 0 amide bonds. The summed E-state index contributed by atoms with van der Waals surface area (Å²) in [5.41, 5.74) is 1.37. The Hall–Kier alpha value is -2.76. The fraction of sp³-hybridized carbons (Fsp3) is 0.0800. The van der Waals surface area contributed by atoms with Crippen LogP contribution in [0.5, 0.6) is 0 Å². The molecule has 1 aromatic heterocycles. The number of aryl methyl sites for hydroxylation is 1. The maximum atomic E-state index is 2.30. The van der Waals surface area contributed by atoms with Gasteiger partial charge in [0.1, 0.15) is 30.2 Å². The van der Waals surface area contributed by atoms with Crippen LogP contribution < -0.4 is 20.5 Å². The number of nitrogens with zero attached hydrogens (tertiary/aromatic N) is 1. The maximum absolute atomic E-state index is 2.30. The summed E-state index contributed by atoms with van der Waals surface area (Å²) in [6.45, 7) is 0. The molecule has 0 fully saturated rings. The zero-order valence-corrected chi connectivity index (χ0v) is 16.5. The van der Waals surface area contributed by atoms with Gasteiger partial charge in [0.05, 0.1) is 6.16 Å². The molecule has 0 N–H and O–H groups in total. The molecule has 0 spiro atoms. The molecule has 0 radical (unpaired) electrons. The molecule has 0 bridgehead atoms. The third kappa shape index (κ3) is 3.56. The van der Waals surface area contributed by atoms with Crippen LogP contribution in [0.25, 0.3) is 0 Å². The second-order valence-electron chi connectivity index (χ2n) is 6.85. The van der Waals surface area contributed by atoms with E-state index >= 15 is 0 Å². The average molecular weight is 369 g/mol. The molecule has 132 valence electrons. The number of hydrogen-bond donors (Lipinski definition) is 0. The van der Waals surface area contributed by atoms with E-state index in [4.69, 9.17) is 0 Å². The molecule has 0 aliphatic heterocycles. The highest BCUT2D eigenvalue weighted by atomic mass is 31.2. The van der Waals surface area contributed by atoms with Gasteiger partial charge in [-0.2, -0.15) is 0 Å². The van der Waals surface area contributed by atoms with Crippen molar-refractivity contribution in [1.82, 2.24) is 0 Å². The Morgan fingerprint density at radius 1 is 0.556 bits per heavy atom. The molecule has 3 aromatic carbocycles. The monoisotopic (exact) mass is 369 g/mol. The third-order valence-electron chi connectivity index (χ3n) is 5.06. The van der Waals surface area contributed by atoms with Crippen LogP contribution in [0.15, 0.2) is 116 Å². The van der Waals surface area contributed by atoms with Crippen molar-refractivity contribution in [3.63, 3.8) is 0 Å². The standard InChI is InChI=1S/C25H24NP/c1-26-19-17-22(18-20-26)21-27(23-11-5-2-6-12-23,24-13-7-3-8-14-24)25-15-9-4-10-16-25/h2-20H,21H2,1H3/q+2. The maximum Gasteiger partial charge on any atom is 0.168 e. The molecule has 2 heteroatoms. The summed E-state index contributed by atoms with van der Waals surface area (Å²) in [4.78, 5) is 0. The van der Waals surface area contributed by atoms with Gasteiger partial charge >= 0.3 is 0 Å². The molecule has 0 saturated carbocycles. The molecule has 1 heterocycles. The zero-order chi connectivity index (χ0) is 18.5. The van der Waals surface area contributed by atoms with Crippen molar-refractivity contribution in [2.75, 3.05) is 0 Å². The molecule has 1 nitrogen and oxygen atoms in total. The Morgan fingerprint density at radius 2 is 0.926 bits per heavy atom. The van der Waals surface area contributed by atoms with Crippen molar-refractivity contribution in [1.29, 1.82) is 0 Å². The predicted molar refractivity (Wildman–Crippen MR) is 116 cm³/mol. The van der Waals surface area contributed by atoms with Crippen LogP contribution in [0.2, 0.25) is 0 Å². The molecule has 0 aliphatic carbocycles. The van der Waals surface area contributed by atoms with Crippen molar-refractivity contribution in [2.45, 2.75) is 6.16 Å². The van der Waals surface area contributed by atoms with E-state index in [0.717, 1.165) is 6.16 Å². The van der Waals surface area contributed by atoms with Gasteiger partial charge in [0.15, 0.2) is 12.4 Å². The van der Waals surface area contributed by atoms with Gasteiger partial charge in [0.25, 0.3) is 0 Å². The SMILES string of the molecule is C[n+]1ccc(C[P+](c2ccccc2)(c2ccccc2)c2ccccc2)cc1. The quantitative estimate of drug-likeness (QED) is 0.370. The first-order valence-electron chi connectivity index (χ1n) is 9.28. The van der Waals surface area contributed by atoms with Crippen LogP contribution in [0.4, 0.5) is 0 Å². The predicted octanol–water partition coefficient (Wildman–Crippen LogP) is 4.01. The number of aromatic nitrogens is 1. The van der Waals surface area contributed by atoms with Gasteiger partial charge in [-0.05, 0) is 36.4 Å². The summed E-state index contributed by atoms with van der Waals surface area (Å²) in [6, 6.07) is 37.7. The Labute approximate surface area is 162 Å². The van der Waals surface area contributed by atoms with E-state index in [9.17, 15) is 0 Å². The van der Waals surface area contributed by atoms with E-state index in [0.29, 0.717) is 0 Å². The van der Waals surface area contributed by atoms with Gasteiger partial charge in [0, 0.05) is 17.7 Å². The molecule has 4 aromatic rings. The summed E-state index contributed by atoms with van der Waals surface area (Å²) < 4.78 is 2.09. The van der Waals surface area contributed by atoms with Gasteiger partial charge in [-0.15, -0.1) is 0 Å². The molecule has 4 rings (SSSR count). The minimum atomic E-state index is -1.80. The first kappa shape index (κ1) is 17.6. The fourth-order valence-corrected chi connectivity index (χ4v) is 7.92. The number of hydrogen-bond acceptors (Lipinski definition) is 0. The Balaban J connectivity index is 1.98. The minimum Gasteiger partial charge on any atom is -0.208 e. The largest absolute Gasteiger partial charge is 0.208 e. The number of pyridine rings is 1. The lowest BCUT2D eigenvalue weighted by molar-refractivity contribution is -0.671. The van der Waals surface area contributed by atoms with Gasteiger partial charge in [0.2, 0.25) is 0 Å². The molecular formula is C25H24NP+2.